The molecule has 0 saturated carbocycles. The number of nitrogens with one attached hydrogen (secondary N) is 2. The van der Waals surface area contributed by atoms with Crippen LogP contribution in [0.15, 0.2) is 53.0 Å². The van der Waals surface area contributed by atoms with Gasteiger partial charge in [0.2, 0.25) is 5.91 Å². The lowest BCUT2D eigenvalue weighted by atomic mass is 10.2. The summed E-state index contributed by atoms with van der Waals surface area (Å²) in [6, 6.07) is 13.4. The summed E-state index contributed by atoms with van der Waals surface area (Å²) in [5.41, 5.74) is 3.29. The molecule has 0 fully saturated rings. The number of nitrogens with zero attached hydrogens (tertiary/aromatic N) is 2. The number of carbonyl (C=O) groups excluding carboxylic acids is 2. The molecule has 2 aromatic carbocycles. The molecule has 1 heterocycles. The fraction of sp³-hybridized carbons (Fsp3) is 0.190. The Morgan fingerprint density at radius 2 is 1.76 bits per heavy atom. The van der Waals surface area contributed by atoms with Gasteiger partial charge in [0.25, 0.3) is 5.91 Å². The van der Waals surface area contributed by atoms with Crippen molar-refractivity contribution in [1.29, 1.82) is 0 Å². The molecule has 0 bridgehead atoms. The number of carbonyl (C=O) groups is 2. The summed E-state index contributed by atoms with van der Waals surface area (Å²) in [4.78, 5) is 24.9. The molecule has 3 aromatic rings. The second-order valence-corrected chi connectivity index (χ2v) is 8.02. The number of hydrogen-bond donors (Lipinski definition) is 2. The maximum Gasteiger partial charge on any atom is 0.255 e. The maximum absolute atomic E-state index is 12.6. The molecule has 3 rings (SSSR count). The zero-order valence-electron chi connectivity index (χ0n) is 16.2. The van der Waals surface area contributed by atoms with Crippen LogP contribution in [0.3, 0.4) is 0 Å². The monoisotopic (exact) mass is 474 g/mol. The van der Waals surface area contributed by atoms with Crippen LogP contribution in [0.1, 0.15) is 34.7 Å². The number of aromatic nitrogens is 2. The number of anilines is 2. The molecule has 8 heteroatoms. The lowest BCUT2D eigenvalue weighted by Crippen LogP contribution is -2.25. The van der Waals surface area contributed by atoms with Crippen molar-refractivity contribution in [2.24, 2.45) is 0 Å². The normalized spacial score (nSPS) is 11.8. The van der Waals surface area contributed by atoms with Gasteiger partial charge in [0.1, 0.15) is 6.04 Å². The predicted octanol–water partition coefficient (Wildman–Crippen LogP) is 5.37. The Morgan fingerprint density at radius 1 is 1.07 bits per heavy atom. The Hall–Kier alpha value is -2.64. The number of amides is 2. The Balaban J connectivity index is 1.69. The molecule has 2 N–H and O–H groups in total. The molecule has 0 aliphatic heterocycles. The molecule has 29 heavy (non-hydrogen) atoms. The van der Waals surface area contributed by atoms with Gasteiger partial charge in [-0.2, -0.15) is 5.10 Å². The predicted molar refractivity (Wildman–Crippen MR) is 119 cm³/mol. The van der Waals surface area contributed by atoms with E-state index in [1.54, 1.807) is 54.1 Å². The van der Waals surface area contributed by atoms with E-state index >= 15 is 0 Å². The fourth-order valence-corrected chi connectivity index (χ4v) is 3.38. The Kier molecular flexibility index (Phi) is 6.39. The smallest absolute Gasteiger partial charge is 0.255 e. The van der Waals surface area contributed by atoms with E-state index in [2.05, 4.69) is 31.7 Å². The van der Waals surface area contributed by atoms with Crippen LogP contribution in [0.2, 0.25) is 5.02 Å². The molecule has 0 saturated heterocycles. The second-order valence-electron chi connectivity index (χ2n) is 6.69. The molecule has 1 atom stereocenters. The summed E-state index contributed by atoms with van der Waals surface area (Å²) >= 11 is 9.65. The lowest BCUT2D eigenvalue weighted by Gasteiger charge is -2.16. The summed E-state index contributed by atoms with van der Waals surface area (Å²) in [7, 11) is 0. The number of aryl methyl sites for hydroxylation is 2. The molecule has 1 unspecified atom stereocenters. The first-order chi connectivity index (χ1) is 13.7. The molecular formula is C21H20BrClN4O2. The molecular weight excluding hydrogens is 456 g/mol. The second kappa shape index (κ2) is 8.80. The van der Waals surface area contributed by atoms with Crippen molar-refractivity contribution in [2.75, 3.05) is 10.6 Å². The molecule has 0 radical (unpaired) electrons. The molecule has 150 valence electrons. The first-order valence-electron chi connectivity index (χ1n) is 8.94. The van der Waals surface area contributed by atoms with Crippen molar-refractivity contribution < 1.29 is 9.59 Å². The summed E-state index contributed by atoms with van der Waals surface area (Å²) in [6.45, 7) is 5.56. The Bertz CT molecular complexity index is 1060. The van der Waals surface area contributed by atoms with Gasteiger partial charge in [-0.15, -0.1) is 0 Å². The van der Waals surface area contributed by atoms with Crippen molar-refractivity contribution >= 4 is 50.7 Å². The minimum Gasteiger partial charge on any atom is -0.323 e. The van der Waals surface area contributed by atoms with E-state index in [1.165, 1.54) is 0 Å². The average Bonchev–Trinajstić information content (AvgIpc) is 3.01. The lowest BCUT2D eigenvalue weighted by molar-refractivity contribution is -0.119. The highest BCUT2D eigenvalue weighted by atomic mass is 79.9. The molecule has 0 aliphatic carbocycles. The standard InChI is InChI=1S/C21H20BrClN4O2/c1-12-10-13(2)27(26-12)14(3)20(28)25-19-9-8-17(11-18(19)23)24-21(29)15-4-6-16(22)7-5-15/h4-11,14H,1-3H3,(H,24,29)(H,25,28). The van der Waals surface area contributed by atoms with Crippen molar-refractivity contribution in [3.8, 4) is 0 Å². The zero-order chi connectivity index (χ0) is 21.1. The molecule has 0 aliphatic rings. The van der Waals surface area contributed by atoms with Gasteiger partial charge < -0.3 is 10.6 Å². The van der Waals surface area contributed by atoms with Crippen LogP contribution in [0.5, 0.6) is 0 Å². The van der Waals surface area contributed by atoms with Crippen molar-refractivity contribution in [2.45, 2.75) is 26.8 Å². The van der Waals surface area contributed by atoms with Crippen LogP contribution in [0, 0.1) is 13.8 Å². The van der Waals surface area contributed by atoms with Crippen LogP contribution in [-0.2, 0) is 4.79 Å². The number of rotatable bonds is 5. The Labute approximate surface area is 182 Å². The minimum absolute atomic E-state index is 0.232. The largest absolute Gasteiger partial charge is 0.323 e. The number of hydrogen-bond acceptors (Lipinski definition) is 3. The van der Waals surface area contributed by atoms with Gasteiger partial charge in [0.05, 0.1) is 16.4 Å². The third-order valence-corrected chi connectivity index (χ3v) is 5.22. The first-order valence-corrected chi connectivity index (χ1v) is 10.1. The zero-order valence-corrected chi connectivity index (χ0v) is 18.5. The SMILES string of the molecule is Cc1cc(C)n(C(C)C(=O)Nc2ccc(NC(=O)c3ccc(Br)cc3)cc2Cl)n1. The van der Waals surface area contributed by atoms with Gasteiger partial charge in [-0.1, -0.05) is 27.5 Å². The first kappa shape index (κ1) is 21.1. The third-order valence-electron chi connectivity index (χ3n) is 4.38. The van der Waals surface area contributed by atoms with Crippen molar-refractivity contribution in [1.82, 2.24) is 9.78 Å². The van der Waals surface area contributed by atoms with Gasteiger partial charge in [0, 0.05) is 21.4 Å². The van der Waals surface area contributed by atoms with Gasteiger partial charge >= 0.3 is 0 Å². The summed E-state index contributed by atoms with van der Waals surface area (Å²) in [5, 5.41) is 10.3. The van der Waals surface area contributed by atoms with E-state index in [0.717, 1.165) is 15.9 Å². The van der Waals surface area contributed by atoms with Crippen LogP contribution in [-0.4, -0.2) is 21.6 Å². The van der Waals surface area contributed by atoms with Crippen LogP contribution in [0.4, 0.5) is 11.4 Å². The van der Waals surface area contributed by atoms with E-state index in [-0.39, 0.29) is 11.8 Å². The van der Waals surface area contributed by atoms with E-state index in [4.69, 9.17) is 11.6 Å². The van der Waals surface area contributed by atoms with Gasteiger partial charge in [0.15, 0.2) is 0 Å². The van der Waals surface area contributed by atoms with Crippen LogP contribution in [0.25, 0.3) is 0 Å². The summed E-state index contributed by atoms with van der Waals surface area (Å²) < 4.78 is 2.57. The number of benzene rings is 2. The average molecular weight is 476 g/mol. The highest BCUT2D eigenvalue weighted by Gasteiger charge is 2.19. The molecule has 6 nitrogen and oxygen atoms in total. The summed E-state index contributed by atoms with van der Waals surface area (Å²) in [5.74, 6) is -0.478. The van der Waals surface area contributed by atoms with Crippen molar-refractivity contribution in [3.63, 3.8) is 0 Å². The highest BCUT2D eigenvalue weighted by molar-refractivity contribution is 9.10. The third kappa shape index (κ3) is 5.05. The number of halogens is 2. The van der Waals surface area contributed by atoms with Crippen LogP contribution >= 0.6 is 27.5 Å². The molecule has 1 aromatic heterocycles. The fourth-order valence-electron chi connectivity index (χ4n) is 2.89. The Morgan fingerprint density at radius 3 is 2.34 bits per heavy atom. The highest BCUT2D eigenvalue weighted by Crippen LogP contribution is 2.27. The minimum atomic E-state index is -0.489. The maximum atomic E-state index is 12.6. The van der Waals surface area contributed by atoms with E-state index in [1.807, 2.05) is 19.9 Å². The molecule has 0 spiro atoms. The summed E-state index contributed by atoms with van der Waals surface area (Å²) in [6.07, 6.45) is 0. The van der Waals surface area contributed by atoms with Gasteiger partial charge in [-0.25, -0.2) is 0 Å². The molecule has 2 amide bonds. The topological polar surface area (TPSA) is 76.0 Å². The van der Waals surface area contributed by atoms with Gasteiger partial charge in [-0.3, -0.25) is 14.3 Å². The van der Waals surface area contributed by atoms with Crippen LogP contribution < -0.4 is 10.6 Å². The van der Waals surface area contributed by atoms with Gasteiger partial charge in [-0.05, 0) is 69.3 Å². The van der Waals surface area contributed by atoms with Crippen molar-refractivity contribution in [3.05, 3.63) is 75.0 Å². The quantitative estimate of drug-likeness (QED) is 0.521. The van der Waals surface area contributed by atoms with E-state index < -0.39 is 6.04 Å². The van der Waals surface area contributed by atoms with E-state index in [0.29, 0.717) is 22.0 Å². The van der Waals surface area contributed by atoms with E-state index in [9.17, 15) is 9.59 Å².